The highest BCUT2D eigenvalue weighted by atomic mass is 16.2. The Hall–Kier alpha value is -2.69. The van der Waals surface area contributed by atoms with E-state index in [0.29, 0.717) is 25.1 Å². The zero-order valence-corrected chi connectivity index (χ0v) is 14.2. The number of benzene rings is 1. The van der Waals surface area contributed by atoms with E-state index in [1.807, 2.05) is 32.0 Å². The molecular formula is C19H21N3O2. The number of aromatic nitrogens is 1. The maximum atomic E-state index is 12.7. The van der Waals surface area contributed by atoms with Crippen molar-refractivity contribution >= 4 is 17.5 Å². The predicted molar refractivity (Wildman–Crippen MR) is 92.9 cm³/mol. The normalized spacial score (nSPS) is 13.4. The fourth-order valence-corrected chi connectivity index (χ4v) is 3.03. The number of pyridine rings is 1. The van der Waals surface area contributed by atoms with E-state index in [4.69, 9.17) is 0 Å². The second-order valence-electron chi connectivity index (χ2n) is 6.22. The first-order valence-corrected chi connectivity index (χ1v) is 8.06. The molecule has 124 valence electrons. The van der Waals surface area contributed by atoms with Crippen LogP contribution in [0.1, 0.15) is 39.5 Å². The molecule has 1 aromatic heterocycles. The smallest absolute Gasteiger partial charge is 0.257 e. The van der Waals surface area contributed by atoms with Crippen molar-refractivity contribution in [3.05, 3.63) is 58.4 Å². The number of aryl methyl sites for hydroxylation is 1. The van der Waals surface area contributed by atoms with Gasteiger partial charge in [-0.15, -0.1) is 0 Å². The van der Waals surface area contributed by atoms with Crippen LogP contribution in [0.25, 0.3) is 0 Å². The van der Waals surface area contributed by atoms with Crippen LogP contribution in [0.4, 0.5) is 5.69 Å². The fraction of sp³-hybridized carbons (Fsp3) is 0.316. The van der Waals surface area contributed by atoms with Crippen LogP contribution in [0.15, 0.2) is 30.6 Å². The Bertz CT molecular complexity index is 814. The largest absolute Gasteiger partial charge is 0.338 e. The number of carbonyl (C=O) groups is 2. The topological polar surface area (TPSA) is 62.3 Å². The summed E-state index contributed by atoms with van der Waals surface area (Å²) >= 11 is 0. The van der Waals surface area contributed by atoms with Gasteiger partial charge in [-0.1, -0.05) is 12.1 Å². The Morgan fingerprint density at radius 3 is 2.75 bits per heavy atom. The Labute approximate surface area is 141 Å². The summed E-state index contributed by atoms with van der Waals surface area (Å²) < 4.78 is 0. The van der Waals surface area contributed by atoms with Gasteiger partial charge in [-0.2, -0.15) is 0 Å². The molecule has 0 fully saturated rings. The predicted octanol–water partition coefficient (Wildman–Crippen LogP) is 2.86. The summed E-state index contributed by atoms with van der Waals surface area (Å²) in [5, 5.41) is 2.99. The minimum Gasteiger partial charge on any atom is -0.338 e. The van der Waals surface area contributed by atoms with Crippen LogP contribution in [0.2, 0.25) is 0 Å². The van der Waals surface area contributed by atoms with Crippen molar-refractivity contribution in [2.45, 2.75) is 33.7 Å². The van der Waals surface area contributed by atoms with E-state index in [1.54, 1.807) is 24.2 Å². The number of rotatable bonds is 2. The molecule has 0 radical (unpaired) electrons. The first-order chi connectivity index (χ1) is 11.5. The van der Waals surface area contributed by atoms with Crippen LogP contribution in [0.3, 0.4) is 0 Å². The average Bonchev–Trinajstić information content (AvgIpc) is 2.57. The summed E-state index contributed by atoms with van der Waals surface area (Å²) in [4.78, 5) is 30.3. The number of hydrogen-bond donors (Lipinski definition) is 1. The molecule has 0 bridgehead atoms. The molecule has 1 aliphatic heterocycles. The van der Waals surface area contributed by atoms with Crippen LogP contribution < -0.4 is 5.32 Å². The fourth-order valence-electron chi connectivity index (χ4n) is 3.03. The molecule has 3 rings (SSSR count). The molecular weight excluding hydrogens is 302 g/mol. The van der Waals surface area contributed by atoms with Crippen molar-refractivity contribution in [2.24, 2.45) is 0 Å². The van der Waals surface area contributed by atoms with Gasteiger partial charge in [0.2, 0.25) is 5.91 Å². The van der Waals surface area contributed by atoms with Crippen LogP contribution in [-0.4, -0.2) is 28.2 Å². The van der Waals surface area contributed by atoms with Crippen LogP contribution in [0, 0.1) is 13.8 Å². The Balaban J connectivity index is 1.88. The third kappa shape index (κ3) is 3.02. The molecule has 5 heteroatoms. The van der Waals surface area contributed by atoms with Gasteiger partial charge in [0, 0.05) is 38.1 Å². The minimum absolute atomic E-state index is 0.0471. The number of hydrogen-bond acceptors (Lipinski definition) is 3. The highest BCUT2D eigenvalue weighted by molar-refractivity contribution is 6.05. The lowest BCUT2D eigenvalue weighted by molar-refractivity contribution is -0.129. The number of nitrogens with one attached hydrogen (secondary N) is 1. The van der Waals surface area contributed by atoms with Gasteiger partial charge in [-0.05, 0) is 48.6 Å². The first-order valence-electron chi connectivity index (χ1n) is 8.06. The quantitative estimate of drug-likeness (QED) is 0.924. The number of anilines is 1. The molecule has 0 spiro atoms. The van der Waals surface area contributed by atoms with Crippen molar-refractivity contribution in [1.82, 2.24) is 9.88 Å². The highest BCUT2D eigenvalue weighted by Gasteiger charge is 2.23. The van der Waals surface area contributed by atoms with Crippen molar-refractivity contribution in [2.75, 3.05) is 11.9 Å². The maximum Gasteiger partial charge on any atom is 0.257 e. The third-order valence-corrected chi connectivity index (χ3v) is 4.68. The van der Waals surface area contributed by atoms with Crippen LogP contribution in [-0.2, 0) is 17.8 Å². The summed E-state index contributed by atoms with van der Waals surface area (Å²) in [5.41, 5.74) is 5.55. The molecule has 0 atom stereocenters. The van der Waals surface area contributed by atoms with E-state index in [2.05, 4.69) is 10.3 Å². The summed E-state index contributed by atoms with van der Waals surface area (Å²) in [6, 6.07) is 5.86. The molecule has 1 N–H and O–H groups in total. The van der Waals surface area contributed by atoms with E-state index in [1.165, 1.54) is 0 Å². The molecule has 1 aliphatic rings. The van der Waals surface area contributed by atoms with Crippen molar-refractivity contribution in [3.63, 3.8) is 0 Å². The van der Waals surface area contributed by atoms with Gasteiger partial charge < -0.3 is 10.2 Å². The number of amides is 2. The second kappa shape index (κ2) is 6.43. The Morgan fingerprint density at radius 1 is 1.21 bits per heavy atom. The SMILES string of the molecule is CC(=O)N1CCc2c(cncc2C(=O)Nc2cccc(C)c2C)C1. The Kier molecular flexibility index (Phi) is 4.34. The zero-order chi connectivity index (χ0) is 17.3. The zero-order valence-electron chi connectivity index (χ0n) is 14.2. The number of fused-ring (bicyclic) bond motifs is 1. The standard InChI is InChI=1S/C19H21N3O2/c1-12-5-4-6-18(13(12)2)21-19(24)17-10-20-9-15-11-22(14(3)23)8-7-16(15)17/h4-6,9-10H,7-8,11H2,1-3H3,(H,21,24). The van der Waals surface area contributed by atoms with E-state index in [-0.39, 0.29) is 11.8 Å². The van der Waals surface area contributed by atoms with Crippen molar-refractivity contribution < 1.29 is 9.59 Å². The second-order valence-corrected chi connectivity index (χ2v) is 6.22. The lowest BCUT2D eigenvalue weighted by atomic mass is 9.96. The molecule has 0 saturated carbocycles. The summed E-state index contributed by atoms with van der Waals surface area (Å²) in [6.45, 7) is 6.73. The van der Waals surface area contributed by atoms with Crippen LogP contribution in [0.5, 0.6) is 0 Å². The molecule has 0 unspecified atom stereocenters. The van der Waals surface area contributed by atoms with E-state index in [0.717, 1.165) is 27.9 Å². The van der Waals surface area contributed by atoms with Crippen molar-refractivity contribution in [3.8, 4) is 0 Å². The molecule has 2 aromatic rings. The molecule has 24 heavy (non-hydrogen) atoms. The lowest BCUT2D eigenvalue weighted by Crippen LogP contribution is -2.35. The van der Waals surface area contributed by atoms with Gasteiger partial charge in [-0.3, -0.25) is 14.6 Å². The van der Waals surface area contributed by atoms with Gasteiger partial charge >= 0.3 is 0 Å². The Morgan fingerprint density at radius 2 is 2.00 bits per heavy atom. The van der Waals surface area contributed by atoms with Gasteiger partial charge in [0.15, 0.2) is 0 Å². The van der Waals surface area contributed by atoms with Gasteiger partial charge in [0.25, 0.3) is 5.91 Å². The molecule has 5 nitrogen and oxygen atoms in total. The molecule has 1 aromatic carbocycles. The lowest BCUT2D eigenvalue weighted by Gasteiger charge is -2.28. The van der Waals surface area contributed by atoms with Gasteiger partial charge in [0.1, 0.15) is 0 Å². The van der Waals surface area contributed by atoms with Crippen LogP contribution >= 0.6 is 0 Å². The number of carbonyl (C=O) groups excluding carboxylic acids is 2. The molecule has 0 saturated heterocycles. The van der Waals surface area contributed by atoms with E-state index in [9.17, 15) is 9.59 Å². The van der Waals surface area contributed by atoms with E-state index >= 15 is 0 Å². The number of nitrogens with zero attached hydrogens (tertiary/aromatic N) is 2. The average molecular weight is 323 g/mol. The summed E-state index contributed by atoms with van der Waals surface area (Å²) in [5.74, 6) is -0.102. The molecule has 2 heterocycles. The summed E-state index contributed by atoms with van der Waals surface area (Å²) in [7, 11) is 0. The minimum atomic E-state index is -0.149. The van der Waals surface area contributed by atoms with Gasteiger partial charge in [0.05, 0.1) is 5.56 Å². The highest BCUT2D eigenvalue weighted by Crippen LogP contribution is 2.24. The van der Waals surface area contributed by atoms with E-state index < -0.39 is 0 Å². The van der Waals surface area contributed by atoms with Gasteiger partial charge in [-0.25, -0.2) is 0 Å². The monoisotopic (exact) mass is 323 g/mol. The third-order valence-electron chi connectivity index (χ3n) is 4.68. The van der Waals surface area contributed by atoms with Crippen molar-refractivity contribution in [1.29, 1.82) is 0 Å². The molecule has 0 aliphatic carbocycles. The maximum absolute atomic E-state index is 12.7. The first kappa shape index (κ1) is 16.2. The summed E-state index contributed by atoms with van der Waals surface area (Å²) in [6.07, 6.45) is 4.04. The molecule has 2 amide bonds.